The van der Waals surface area contributed by atoms with E-state index in [0.29, 0.717) is 5.56 Å². The minimum atomic E-state index is -1.000. The largest absolute Gasteiger partial charge is 0.478 e. The summed E-state index contributed by atoms with van der Waals surface area (Å²) in [6, 6.07) is 5.42. The molecule has 4 heteroatoms. The average molecular weight is 229 g/mol. The first-order valence-electron chi connectivity index (χ1n) is 5.11. The van der Waals surface area contributed by atoms with Gasteiger partial charge in [0.1, 0.15) is 0 Å². The Hall–Kier alpha value is -2.36. The van der Waals surface area contributed by atoms with Crippen LogP contribution in [0.4, 0.5) is 0 Å². The number of aromatic nitrogens is 1. The zero-order chi connectivity index (χ0) is 12.4. The number of carbonyl (C=O) groups is 2. The fourth-order valence-electron chi connectivity index (χ4n) is 1.77. The Labute approximate surface area is 97.6 Å². The van der Waals surface area contributed by atoms with Crippen LogP contribution in [0.5, 0.6) is 0 Å². The van der Waals surface area contributed by atoms with Gasteiger partial charge in [-0.1, -0.05) is 18.2 Å². The maximum atomic E-state index is 11.4. The van der Waals surface area contributed by atoms with Crippen molar-refractivity contribution >= 4 is 28.7 Å². The lowest BCUT2D eigenvalue weighted by atomic mass is 10.1. The molecule has 0 bridgehead atoms. The predicted molar refractivity (Wildman–Crippen MR) is 65.0 cm³/mol. The molecule has 0 unspecified atom stereocenters. The van der Waals surface area contributed by atoms with E-state index in [4.69, 9.17) is 5.11 Å². The highest BCUT2D eigenvalue weighted by atomic mass is 16.4. The molecular weight excluding hydrogens is 218 g/mol. The lowest BCUT2D eigenvalue weighted by Gasteiger charge is -1.97. The van der Waals surface area contributed by atoms with Crippen molar-refractivity contribution in [1.82, 2.24) is 4.98 Å². The van der Waals surface area contributed by atoms with Gasteiger partial charge in [-0.05, 0) is 18.6 Å². The molecule has 0 radical (unpaired) electrons. The Balaban J connectivity index is 2.59. The van der Waals surface area contributed by atoms with E-state index in [1.54, 1.807) is 18.3 Å². The number of fused-ring (bicyclic) bond motifs is 1. The summed E-state index contributed by atoms with van der Waals surface area (Å²) in [5.41, 5.74) is 2.14. The number of aliphatic carboxylic acids is 1. The fraction of sp³-hybridized carbons (Fsp3) is 0.0769. The van der Waals surface area contributed by atoms with Crippen LogP contribution in [-0.2, 0) is 4.79 Å². The number of hydrogen-bond acceptors (Lipinski definition) is 2. The van der Waals surface area contributed by atoms with Gasteiger partial charge < -0.3 is 10.1 Å². The van der Waals surface area contributed by atoms with Gasteiger partial charge in [0.2, 0.25) is 0 Å². The predicted octanol–water partition coefficient (Wildman–Crippen LogP) is 2.47. The van der Waals surface area contributed by atoms with Crippen molar-refractivity contribution in [2.45, 2.75) is 6.92 Å². The van der Waals surface area contributed by atoms with Gasteiger partial charge in [-0.25, -0.2) is 4.79 Å². The van der Waals surface area contributed by atoms with Crippen molar-refractivity contribution in [3.63, 3.8) is 0 Å². The third kappa shape index (κ3) is 2.10. The molecule has 4 nitrogen and oxygen atoms in total. The van der Waals surface area contributed by atoms with Crippen LogP contribution in [0, 0.1) is 0 Å². The highest BCUT2D eigenvalue weighted by Crippen LogP contribution is 2.22. The first-order valence-corrected chi connectivity index (χ1v) is 5.11. The Kier molecular flexibility index (Phi) is 2.78. The molecule has 2 N–H and O–H groups in total. The second kappa shape index (κ2) is 4.25. The quantitative estimate of drug-likeness (QED) is 0.627. The molecule has 0 atom stereocenters. The molecule has 0 fully saturated rings. The Morgan fingerprint density at radius 3 is 2.76 bits per heavy atom. The van der Waals surface area contributed by atoms with E-state index in [1.165, 1.54) is 13.0 Å². The van der Waals surface area contributed by atoms with Crippen LogP contribution < -0.4 is 0 Å². The summed E-state index contributed by atoms with van der Waals surface area (Å²) in [6.45, 7) is 1.50. The summed E-state index contributed by atoms with van der Waals surface area (Å²) in [7, 11) is 0. The summed E-state index contributed by atoms with van der Waals surface area (Å²) < 4.78 is 0. The zero-order valence-corrected chi connectivity index (χ0v) is 9.23. The molecule has 1 aromatic heterocycles. The normalized spacial score (nSPS) is 11.1. The molecule has 86 valence electrons. The molecule has 0 aliphatic carbocycles. The molecule has 1 heterocycles. The van der Waals surface area contributed by atoms with Crippen LogP contribution in [0.1, 0.15) is 22.8 Å². The Morgan fingerprint density at radius 1 is 1.35 bits per heavy atom. The molecule has 17 heavy (non-hydrogen) atoms. The SMILES string of the molecule is CC(=O)c1c[nH]c2c(/C=C/C(=O)O)cccc12. The van der Waals surface area contributed by atoms with Gasteiger partial charge in [-0.3, -0.25) is 4.79 Å². The van der Waals surface area contributed by atoms with Gasteiger partial charge in [-0.15, -0.1) is 0 Å². The molecule has 2 aromatic rings. The van der Waals surface area contributed by atoms with Crippen LogP contribution in [0.3, 0.4) is 0 Å². The summed E-state index contributed by atoms with van der Waals surface area (Å²) >= 11 is 0. The highest BCUT2D eigenvalue weighted by molar-refractivity contribution is 6.08. The number of carboxylic acids is 1. The molecule has 0 saturated carbocycles. The van der Waals surface area contributed by atoms with E-state index in [1.807, 2.05) is 6.07 Å². The van der Waals surface area contributed by atoms with E-state index in [-0.39, 0.29) is 5.78 Å². The van der Waals surface area contributed by atoms with E-state index in [9.17, 15) is 9.59 Å². The molecule has 0 aliphatic heterocycles. The number of nitrogens with one attached hydrogen (secondary N) is 1. The van der Waals surface area contributed by atoms with Crippen molar-refractivity contribution in [2.75, 3.05) is 0 Å². The number of rotatable bonds is 3. The number of hydrogen-bond donors (Lipinski definition) is 2. The van der Waals surface area contributed by atoms with Gasteiger partial charge in [0.15, 0.2) is 5.78 Å². The first kappa shape index (κ1) is 11.1. The van der Waals surface area contributed by atoms with E-state index >= 15 is 0 Å². The Bertz CT molecular complexity index is 623. The number of carbonyl (C=O) groups excluding carboxylic acids is 1. The maximum absolute atomic E-state index is 11.4. The summed E-state index contributed by atoms with van der Waals surface area (Å²) in [4.78, 5) is 24.8. The van der Waals surface area contributed by atoms with Crippen molar-refractivity contribution < 1.29 is 14.7 Å². The number of benzene rings is 1. The van der Waals surface area contributed by atoms with Crippen LogP contribution in [-0.4, -0.2) is 21.8 Å². The Morgan fingerprint density at radius 2 is 2.12 bits per heavy atom. The number of ketones is 1. The molecule has 2 rings (SSSR count). The van der Waals surface area contributed by atoms with Crippen molar-refractivity contribution in [3.05, 3.63) is 41.6 Å². The highest BCUT2D eigenvalue weighted by Gasteiger charge is 2.09. The summed E-state index contributed by atoms with van der Waals surface area (Å²) in [5, 5.41) is 9.40. The average Bonchev–Trinajstić information content (AvgIpc) is 2.70. The number of para-hydroxylation sites is 1. The molecule has 0 saturated heterocycles. The third-order valence-electron chi connectivity index (χ3n) is 2.53. The fourth-order valence-corrected chi connectivity index (χ4v) is 1.77. The van der Waals surface area contributed by atoms with Crippen molar-refractivity contribution in [2.24, 2.45) is 0 Å². The molecule has 0 spiro atoms. The second-order valence-electron chi connectivity index (χ2n) is 3.70. The number of carboxylic acid groups (broad SMARTS) is 1. The second-order valence-corrected chi connectivity index (χ2v) is 3.70. The lowest BCUT2D eigenvalue weighted by Crippen LogP contribution is -1.89. The maximum Gasteiger partial charge on any atom is 0.328 e. The number of Topliss-reactive ketones (excluding diaryl/α,β-unsaturated/α-hetero) is 1. The van der Waals surface area contributed by atoms with Gasteiger partial charge in [-0.2, -0.15) is 0 Å². The van der Waals surface area contributed by atoms with Crippen LogP contribution in [0.25, 0.3) is 17.0 Å². The van der Waals surface area contributed by atoms with Crippen LogP contribution in [0.15, 0.2) is 30.5 Å². The number of aromatic amines is 1. The monoisotopic (exact) mass is 229 g/mol. The van der Waals surface area contributed by atoms with Crippen molar-refractivity contribution in [3.8, 4) is 0 Å². The lowest BCUT2D eigenvalue weighted by molar-refractivity contribution is -0.131. The smallest absolute Gasteiger partial charge is 0.328 e. The summed E-state index contributed by atoms with van der Waals surface area (Å²) in [5.74, 6) is -1.02. The molecular formula is C13H11NO3. The molecule has 0 aliphatic rings. The van der Waals surface area contributed by atoms with Gasteiger partial charge in [0, 0.05) is 23.2 Å². The van der Waals surface area contributed by atoms with E-state index < -0.39 is 5.97 Å². The topological polar surface area (TPSA) is 70.2 Å². The molecule has 1 aromatic carbocycles. The first-order chi connectivity index (χ1) is 8.09. The van der Waals surface area contributed by atoms with Gasteiger partial charge in [0.05, 0.1) is 5.52 Å². The van der Waals surface area contributed by atoms with Crippen LogP contribution >= 0.6 is 0 Å². The molecule has 0 amide bonds. The minimum absolute atomic E-state index is 0.0179. The van der Waals surface area contributed by atoms with E-state index in [2.05, 4.69) is 4.98 Å². The van der Waals surface area contributed by atoms with E-state index in [0.717, 1.165) is 22.5 Å². The summed E-state index contributed by atoms with van der Waals surface area (Å²) in [6.07, 6.45) is 4.22. The third-order valence-corrected chi connectivity index (χ3v) is 2.53. The standard InChI is InChI=1S/C13H11NO3/c1-8(15)11-7-14-13-9(5-6-12(16)17)3-2-4-10(11)13/h2-7,14H,1H3,(H,16,17)/b6-5+. The van der Waals surface area contributed by atoms with Gasteiger partial charge >= 0.3 is 5.97 Å². The zero-order valence-electron chi connectivity index (χ0n) is 9.23. The van der Waals surface area contributed by atoms with Crippen LogP contribution in [0.2, 0.25) is 0 Å². The van der Waals surface area contributed by atoms with Gasteiger partial charge in [0.25, 0.3) is 0 Å². The minimum Gasteiger partial charge on any atom is -0.478 e. The van der Waals surface area contributed by atoms with Crippen molar-refractivity contribution in [1.29, 1.82) is 0 Å². The number of H-pyrrole nitrogens is 1.